The Morgan fingerprint density at radius 3 is 2.19 bits per heavy atom. The second-order valence-electron chi connectivity index (χ2n) is 6.06. The van der Waals surface area contributed by atoms with Crippen LogP contribution in [-0.2, 0) is 15.8 Å². The van der Waals surface area contributed by atoms with Crippen LogP contribution >= 0.6 is 18.7 Å². The van der Waals surface area contributed by atoms with Crippen LogP contribution in [0.4, 0.5) is 0 Å². The Kier molecular flexibility index (Phi) is 6.03. The molecule has 3 nitrogen and oxygen atoms in total. The topological polar surface area (TPSA) is 47.0 Å². The molecule has 1 aromatic heterocycles. The summed E-state index contributed by atoms with van der Waals surface area (Å²) in [6, 6.07) is 21.9. The van der Waals surface area contributed by atoms with Crippen LogP contribution in [0.25, 0.3) is 0 Å². The quantitative estimate of drug-likeness (QED) is 0.573. The summed E-state index contributed by atoms with van der Waals surface area (Å²) in [5, 5.41) is 2.08. The van der Waals surface area contributed by atoms with Crippen molar-refractivity contribution in [2.45, 2.75) is 12.8 Å². The summed E-state index contributed by atoms with van der Waals surface area (Å²) in [7, 11) is -2.90. The number of hydrogen-bond acceptors (Lipinski definition) is 3. The van der Waals surface area contributed by atoms with E-state index >= 15 is 0 Å². The fourth-order valence-corrected chi connectivity index (χ4v) is 5.62. The van der Waals surface area contributed by atoms with E-state index in [4.69, 9.17) is 11.6 Å². The molecule has 1 heterocycles. The van der Waals surface area contributed by atoms with Crippen LogP contribution in [0.15, 0.2) is 79.0 Å². The lowest BCUT2D eigenvalue weighted by molar-refractivity contribution is -0.118. The predicted octanol–water partition coefficient (Wildman–Crippen LogP) is 4.25. The van der Waals surface area contributed by atoms with E-state index in [1.165, 1.54) is 0 Å². The van der Waals surface area contributed by atoms with Gasteiger partial charge in [-0.3, -0.25) is 9.78 Å². The number of halogens is 1. The molecule has 0 aliphatic rings. The van der Waals surface area contributed by atoms with Gasteiger partial charge in [0.05, 0.1) is 0 Å². The maximum Gasteiger partial charge on any atom is 0.143 e. The van der Waals surface area contributed by atoms with Gasteiger partial charge in [-0.05, 0) is 36.4 Å². The van der Waals surface area contributed by atoms with Crippen LogP contribution in [0.2, 0.25) is 5.02 Å². The van der Waals surface area contributed by atoms with Gasteiger partial charge in [0.25, 0.3) is 0 Å². The van der Waals surface area contributed by atoms with Crippen LogP contribution in [0.1, 0.15) is 12.1 Å². The summed E-state index contributed by atoms with van der Waals surface area (Å²) >= 11 is 5.97. The number of hydrogen-bond donors (Lipinski definition) is 0. The summed E-state index contributed by atoms with van der Waals surface area (Å²) in [4.78, 5) is 16.6. The third kappa shape index (κ3) is 4.49. The third-order valence-corrected chi connectivity index (χ3v) is 7.60. The fourth-order valence-electron chi connectivity index (χ4n) is 2.83. The Hall–Kier alpha value is -2.22. The fraction of sp³-hybridized carbons (Fsp3) is 0.143. The minimum atomic E-state index is -2.90. The molecule has 0 aliphatic carbocycles. The van der Waals surface area contributed by atoms with Crippen LogP contribution in [0, 0.1) is 0 Å². The lowest BCUT2D eigenvalue weighted by Crippen LogP contribution is -2.20. The van der Waals surface area contributed by atoms with Crippen molar-refractivity contribution < 1.29 is 9.36 Å². The lowest BCUT2D eigenvalue weighted by atomic mass is 10.2. The number of Topliss-reactive ketones (excluding diaryl/α,β-unsaturated/α-hetero) is 1. The summed E-state index contributed by atoms with van der Waals surface area (Å²) in [6.45, 7) is 0. The number of carbonyl (C=O) groups excluding carboxylic acids is 1. The van der Waals surface area contributed by atoms with Crippen molar-refractivity contribution in [3.05, 3.63) is 89.7 Å². The van der Waals surface area contributed by atoms with Gasteiger partial charge in [-0.25, -0.2) is 0 Å². The zero-order valence-electron chi connectivity index (χ0n) is 14.2. The van der Waals surface area contributed by atoms with Crippen LogP contribution < -0.4 is 10.6 Å². The number of rotatable bonds is 7. The number of pyridine rings is 1. The van der Waals surface area contributed by atoms with Gasteiger partial charge in [0.15, 0.2) is 0 Å². The molecule has 0 bridgehead atoms. The molecule has 5 heteroatoms. The van der Waals surface area contributed by atoms with E-state index in [0.717, 1.165) is 16.3 Å². The molecule has 0 spiro atoms. The van der Waals surface area contributed by atoms with Crippen LogP contribution in [0.3, 0.4) is 0 Å². The van der Waals surface area contributed by atoms with E-state index in [1.54, 1.807) is 30.5 Å². The Morgan fingerprint density at radius 1 is 0.885 bits per heavy atom. The molecular formula is C21H19ClNO2P. The zero-order valence-corrected chi connectivity index (χ0v) is 15.9. The summed E-state index contributed by atoms with van der Waals surface area (Å²) in [5.74, 6) is 0.0359. The molecular weight excluding hydrogens is 365 g/mol. The van der Waals surface area contributed by atoms with E-state index in [2.05, 4.69) is 4.98 Å². The molecule has 0 amide bonds. The van der Waals surface area contributed by atoms with Crippen molar-refractivity contribution >= 4 is 35.1 Å². The highest BCUT2D eigenvalue weighted by Crippen LogP contribution is 2.44. The Labute approximate surface area is 158 Å². The normalized spacial score (nSPS) is 13.1. The monoisotopic (exact) mass is 383 g/mol. The van der Waals surface area contributed by atoms with Gasteiger partial charge >= 0.3 is 0 Å². The molecule has 3 rings (SSSR count). The van der Waals surface area contributed by atoms with Crippen molar-refractivity contribution in [1.29, 1.82) is 0 Å². The molecule has 3 aromatic rings. The molecule has 1 unspecified atom stereocenters. The average Bonchev–Trinajstić information content (AvgIpc) is 2.68. The molecule has 0 radical (unpaired) electrons. The smallest absolute Gasteiger partial charge is 0.143 e. The van der Waals surface area contributed by atoms with Crippen LogP contribution in [-0.4, -0.2) is 16.9 Å². The molecule has 0 saturated heterocycles. The first kappa shape index (κ1) is 18.6. The standard InChI is InChI=1S/C21H19ClNO2P/c22-17-9-11-21(12-10-17)26(25,20-7-2-1-3-8-20)15-13-19(24)16-18-6-4-5-14-23-18/h1-12,14H,13,15-16H2. The van der Waals surface area contributed by atoms with Gasteiger partial charge < -0.3 is 4.57 Å². The first-order valence-corrected chi connectivity index (χ1v) is 10.7. The van der Waals surface area contributed by atoms with E-state index in [-0.39, 0.29) is 18.6 Å². The van der Waals surface area contributed by atoms with Crippen molar-refractivity contribution in [2.24, 2.45) is 0 Å². The summed E-state index contributed by atoms with van der Waals surface area (Å²) in [5.41, 5.74) is 0.735. The van der Waals surface area contributed by atoms with Crippen molar-refractivity contribution in [3.63, 3.8) is 0 Å². The number of benzene rings is 2. The molecule has 0 saturated carbocycles. The number of carbonyl (C=O) groups is 1. The molecule has 0 aliphatic heterocycles. The van der Waals surface area contributed by atoms with Gasteiger partial charge in [0.1, 0.15) is 12.9 Å². The second kappa shape index (κ2) is 8.44. The average molecular weight is 384 g/mol. The first-order chi connectivity index (χ1) is 12.6. The van der Waals surface area contributed by atoms with Gasteiger partial charge in [-0.2, -0.15) is 0 Å². The largest absolute Gasteiger partial charge is 0.314 e. The number of aromatic nitrogens is 1. The highest BCUT2D eigenvalue weighted by Gasteiger charge is 2.27. The minimum Gasteiger partial charge on any atom is -0.314 e. The van der Waals surface area contributed by atoms with Gasteiger partial charge in [0.2, 0.25) is 0 Å². The van der Waals surface area contributed by atoms with Gasteiger partial charge in [0, 0.05) is 46.5 Å². The van der Waals surface area contributed by atoms with Gasteiger partial charge in [-0.1, -0.05) is 48.0 Å². The van der Waals surface area contributed by atoms with Crippen molar-refractivity contribution in [3.8, 4) is 0 Å². The molecule has 1 atom stereocenters. The maximum absolute atomic E-state index is 13.9. The highest BCUT2D eigenvalue weighted by atomic mass is 35.5. The maximum atomic E-state index is 13.9. The number of ketones is 1. The predicted molar refractivity (Wildman–Crippen MR) is 107 cm³/mol. The Balaban J connectivity index is 1.82. The highest BCUT2D eigenvalue weighted by molar-refractivity contribution is 7.78. The SMILES string of the molecule is O=C(CCP(=O)(c1ccccc1)c1ccc(Cl)cc1)Cc1ccccn1. The summed E-state index contributed by atoms with van der Waals surface area (Å²) < 4.78 is 13.9. The molecule has 0 N–H and O–H groups in total. The van der Waals surface area contributed by atoms with E-state index in [1.807, 2.05) is 48.5 Å². The molecule has 26 heavy (non-hydrogen) atoms. The van der Waals surface area contributed by atoms with Gasteiger partial charge in [-0.15, -0.1) is 0 Å². The molecule has 132 valence electrons. The molecule has 2 aromatic carbocycles. The van der Waals surface area contributed by atoms with Crippen molar-refractivity contribution in [2.75, 3.05) is 6.16 Å². The van der Waals surface area contributed by atoms with E-state index in [9.17, 15) is 9.36 Å². The lowest BCUT2D eigenvalue weighted by Gasteiger charge is -2.19. The zero-order chi connectivity index (χ0) is 18.4. The molecule has 0 fully saturated rings. The van der Waals surface area contributed by atoms with E-state index < -0.39 is 7.14 Å². The van der Waals surface area contributed by atoms with Crippen LogP contribution in [0.5, 0.6) is 0 Å². The Bertz CT molecular complexity index is 912. The van der Waals surface area contributed by atoms with E-state index in [0.29, 0.717) is 11.2 Å². The number of nitrogens with zero attached hydrogens (tertiary/aromatic N) is 1. The minimum absolute atomic E-state index is 0.0359. The third-order valence-electron chi connectivity index (χ3n) is 4.23. The second-order valence-corrected chi connectivity index (χ2v) is 9.46. The van der Waals surface area contributed by atoms with Crippen molar-refractivity contribution in [1.82, 2.24) is 4.98 Å². The first-order valence-electron chi connectivity index (χ1n) is 8.40. The Morgan fingerprint density at radius 2 is 1.54 bits per heavy atom. The summed E-state index contributed by atoms with van der Waals surface area (Å²) in [6.07, 6.45) is 2.47.